The molecule has 0 radical (unpaired) electrons. The monoisotopic (exact) mass is 229 g/mol. The molecule has 0 amide bonds. The Labute approximate surface area is 94.8 Å². The van der Waals surface area contributed by atoms with E-state index in [1.165, 1.54) is 7.11 Å². The maximum atomic E-state index is 11.5. The molecule has 0 saturated heterocycles. The number of aryl methyl sites for hydroxylation is 1. The maximum absolute atomic E-state index is 11.5. The first-order valence-electron chi connectivity index (χ1n) is 4.99. The van der Waals surface area contributed by atoms with Crippen molar-refractivity contribution in [1.82, 2.24) is 4.98 Å². The van der Waals surface area contributed by atoms with E-state index in [4.69, 9.17) is 11.6 Å². The molecule has 1 heterocycles. The van der Waals surface area contributed by atoms with Gasteiger partial charge in [-0.15, -0.1) is 0 Å². The number of H-pyrrole nitrogens is 1. The highest BCUT2D eigenvalue weighted by Gasteiger charge is 2.22. The Morgan fingerprint density at radius 3 is 2.67 bits per heavy atom. The number of carbonyl (C=O) groups is 1. The highest BCUT2D eigenvalue weighted by atomic mass is 35.5. The topological polar surface area (TPSA) is 42.1 Å². The van der Waals surface area contributed by atoms with Gasteiger partial charge >= 0.3 is 5.97 Å². The molecule has 0 saturated carbocycles. The summed E-state index contributed by atoms with van der Waals surface area (Å²) in [6.45, 7) is 5.97. The third kappa shape index (κ3) is 2.17. The van der Waals surface area contributed by atoms with Crippen LogP contribution in [0.4, 0.5) is 0 Å². The molecule has 0 spiro atoms. The lowest BCUT2D eigenvalue weighted by molar-refractivity contribution is 0.0600. The van der Waals surface area contributed by atoms with Gasteiger partial charge in [0, 0.05) is 11.4 Å². The van der Waals surface area contributed by atoms with Crippen LogP contribution >= 0.6 is 11.6 Å². The molecular formula is C11H16ClNO2. The van der Waals surface area contributed by atoms with Crippen LogP contribution in [0.25, 0.3) is 0 Å². The van der Waals surface area contributed by atoms with Gasteiger partial charge < -0.3 is 9.72 Å². The quantitative estimate of drug-likeness (QED) is 0.809. The Kier molecular flexibility index (Phi) is 3.80. The predicted molar refractivity (Wildman–Crippen MR) is 60.6 cm³/mol. The van der Waals surface area contributed by atoms with Crippen molar-refractivity contribution < 1.29 is 9.53 Å². The Balaban J connectivity index is 3.20. The number of halogens is 1. The molecule has 0 aliphatic carbocycles. The molecule has 3 nitrogen and oxygen atoms in total. The summed E-state index contributed by atoms with van der Waals surface area (Å²) >= 11 is 6.14. The van der Waals surface area contributed by atoms with E-state index in [9.17, 15) is 4.79 Å². The molecule has 1 rings (SSSR count). The van der Waals surface area contributed by atoms with Gasteiger partial charge in [0.1, 0.15) is 0 Å². The summed E-state index contributed by atoms with van der Waals surface area (Å²) in [5.74, 6) is -0.0714. The zero-order valence-corrected chi connectivity index (χ0v) is 10.2. The molecule has 0 aliphatic heterocycles. The number of rotatable bonds is 3. The van der Waals surface area contributed by atoms with Crippen molar-refractivity contribution in [3.8, 4) is 0 Å². The van der Waals surface area contributed by atoms with Gasteiger partial charge in [-0.2, -0.15) is 0 Å². The number of hydrogen-bond acceptors (Lipinski definition) is 2. The number of aromatic amines is 1. The average molecular weight is 230 g/mol. The molecule has 0 aromatic carbocycles. The Bertz CT molecular complexity index is 371. The predicted octanol–water partition coefficient (Wildman–Crippen LogP) is 3.28. The second-order valence-electron chi connectivity index (χ2n) is 3.65. The van der Waals surface area contributed by atoms with Crippen LogP contribution in [-0.4, -0.2) is 18.1 Å². The smallest absolute Gasteiger partial charge is 0.341 e. The van der Waals surface area contributed by atoms with E-state index < -0.39 is 0 Å². The largest absolute Gasteiger partial charge is 0.465 e. The fourth-order valence-electron chi connectivity index (χ4n) is 1.51. The molecule has 0 fully saturated rings. The Morgan fingerprint density at radius 2 is 2.20 bits per heavy atom. The number of carbonyl (C=O) groups excluding carboxylic acids is 1. The van der Waals surface area contributed by atoms with Gasteiger partial charge in [0.15, 0.2) is 0 Å². The van der Waals surface area contributed by atoms with Gasteiger partial charge in [-0.25, -0.2) is 4.79 Å². The lowest BCUT2D eigenvalue weighted by Crippen LogP contribution is -2.02. The van der Waals surface area contributed by atoms with Gasteiger partial charge in [0.2, 0.25) is 0 Å². The van der Waals surface area contributed by atoms with Crippen molar-refractivity contribution in [3.63, 3.8) is 0 Å². The van der Waals surface area contributed by atoms with Crippen LogP contribution in [0.2, 0.25) is 5.02 Å². The normalized spacial score (nSPS) is 12.6. The highest BCUT2D eigenvalue weighted by Crippen LogP contribution is 2.31. The zero-order chi connectivity index (χ0) is 11.6. The van der Waals surface area contributed by atoms with Gasteiger partial charge in [-0.1, -0.05) is 25.4 Å². The summed E-state index contributed by atoms with van der Waals surface area (Å²) in [4.78, 5) is 14.6. The van der Waals surface area contributed by atoms with E-state index >= 15 is 0 Å². The molecule has 1 N–H and O–H groups in total. The number of esters is 1. The molecular weight excluding hydrogens is 214 g/mol. The van der Waals surface area contributed by atoms with Crippen LogP contribution in [0.1, 0.15) is 47.9 Å². The number of nitrogens with one attached hydrogen (secondary N) is 1. The van der Waals surface area contributed by atoms with E-state index in [0.717, 1.165) is 17.8 Å². The summed E-state index contributed by atoms with van der Waals surface area (Å²) in [7, 11) is 1.36. The molecule has 1 aromatic heterocycles. The van der Waals surface area contributed by atoms with E-state index in [1.807, 2.05) is 6.92 Å². The summed E-state index contributed by atoms with van der Waals surface area (Å²) in [6.07, 6.45) is 0.973. The van der Waals surface area contributed by atoms with E-state index in [0.29, 0.717) is 16.5 Å². The molecule has 0 bridgehead atoms. The second-order valence-corrected chi connectivity index (χ2v) is 4.03. The van der Waals surface area contributed by atoms with E-state index in [-0.39, 0.29) is 5.97 Å². The number of methoxy groups -OCH3 is 1. The first-order valence-corrected chi connectivity index (χ1v) is 5.36. The summed E-state index contributed by atoms with van der Waals surface area (Å²) < 4.78 is 4.68. The molecule has 1 atom stereocenters. The number of ether oxygens (including phenoxy) is 1. The average Bonchev–Trinajstić information content (AvgIpc) is 2.52. The Morgan fingerprint density at radius 1 is 1.60 bits per heavy atom. The zero-order valence-electron chi connectivity index (χ0n) is 9.48. The third-order valence-electron chi connectivity index (χ3n) is 2.65. The molecule has 4 heteroatoms. The van der Waals surface area contributed by atoms with Crippen LogP contribution in [0, 0.1) is 6.92 Å². The first kappa shape index (κ1) is 12.1. The van der Waals surface area contributed by atoms with Crippen molar-refractivity contribution in [1.29, 1.82) is 0 Å². The van der Waals surface area contributed by atoms with Gasteiger partial charge in [-0.05, 0) is 19.3 Å². The number of aromatic nitrogens is 1. The first-order chi connectivity index (χ1) is 7.02. The fourth-order valence-corrected chi connectivity index (χ4v) is 1.96. The van der Waals surface area contributed by atoms with Crippen LogP contribution < -0.4 is 0 Å². The van der Waals surface area contributed by atoms with Gasteiger partial charge in [0.25, 0.3) is 0 Å². The van der Waals surface area contributed by atoms with Crippen LogP contribution in [0.5, 0.6) is 0 Å². The molecule has 84 valence electrons. The van der Waals surface area contributed by atoms with Crippen molar-refractivity contribution in [2.24, 2.45) is 0 Å². The van der Waals surface area contributed by atoms with Crippen LogP contribution in [0.3, 0.4) is 0 Å². The summed E-state index contributed by atoms with van der Waals surface area (Å²) in [5.41, 5.74) is 2.13. The van der Waals surface area contributed by atoms with Crippen molar-refractivity contribution in [2.45, 2.75) is 33.1 Å². The lowest BCUT2D eigenvalue weighted by Gasteiger charge is -2.06. The standard InChI is InChI=1S/C11H16ClNO2/c1-5-6(2)10-9(12)8(7(3)13-10)11(14)15-4/h6,13H,5H2,1-4H3. The van der Waals surface area contributed by atoms with Crippen molar-refractivity contribution in [2.75, 3.05) is 7.11 Å². The van der Waals surface area contributed by atoms with Crippen LogP contribution in [0.15, 0.2) is 0 Å². The number of hydrogen-bond donors (Lipinski definition) is 1. The van der Waals surface area contributed by atoms with Crippen molar-refractivity contribution in [3.05, 3.63) is 22.0 Å². The molecule has 15 heavy (non-hydrogen) atoms. The minimum Gasteiger partial charge on any atom is -0.465 e. The fraction of sp³-hybridized carbons (Fsp3) is 0.545. The second kappa shape index (κ2) is 4.71. The summed E-state index contributed by atoms with van der Waals surface area (Å²) in [6, 6.07) is 0. The van der Waals surface area contributed by atoms with Gasteiger partial charge in [0.05, 0.1) is 17.7 Å². The molecule has 1 aromatic rings. The Hall–Kier alpha value is -0.960. The van der Waals surface area contributed by atoms with Crippen molar-refractivity contribution >= 4 is 17.6 Å². The molecule has 1 unspecified atom stereocenters. The highest BCUT2D eigenvalue weighted by molar-refractivity contribution is 6.34. The van der Waals surface area contributed by atoms with E-state index in [2.05, 4.69) is 23.6 Å². The molecule has 0 aliphatic rings. The SMILES string of the molecule is CCC(C)c1[nH]c(C)c(C(=O)OC)c1Cl. The third-order valence-corrected chi connectivity index (χ3v) is 3.04. The van der Waals surface area contributed by atoms with E-state index in [1.54, 1.807) is 0 Å². The van der Waals surface area contributed by atoms with Crippen LogP contribution in [-0.2, 0) is 4.74 Å². The summed E-state index contributed by atoms with van der Waals surface area (Å²) in [5, 5.41) is 0.494. The van der Waals surface area contributed by atoms with Gasteiger partial charge in [-0.3, -0.25) is 0 Å². The minimum absolute atomic E-state index is 0.314. The minimum atomic E-state index is -0.386. The lowest BCUT2D eigenvalue weighted by atomic mass is 10.1. The maximum Gasteiger partial charge on any atom is 0.341 e.